The van der Waals surface area contributed by atoms with Gasteiger partial charge in [0.2, 0.25) is 0 Å². The van der Waals surface area contributed by atoms with E-state index in [4.69, 9.17) is 9.84 Å². The van der Waals surface area contributed by atoms with Gasteiger partial charge < -0.3 is 14.9 Å². The van der Waals surface area contributed by atoms with Crippen molar-refractivity contribution in [2.75, 3.05) is 5.43 Å². The highest BCUT2D eigenvalue weighted by molar-refractivity contribution is 5.94. The fourth-order valence-corrected chi connectivity index (χ4v) is 2.53. The van der Waals surface area contributed by atoms with Crippen molar-refractivity contribution in [2.24, 2.45) is 0 Å². The van der Waals surface area contributed by atoms with Gasteiger partial charge in [0.15, 0.2) is 0 Å². The quantitative estimate of drug-likeness (QED) is 0.348. The number of aromatic nitrogens is 1. The highest BCUT2D eigenvalue weighted by atomic mass is 16.6. The molecule has 1 atom stereocenters. The molecule has 0 aliphatic heterocycles. The Balaban J connectivity index is 2.87. The number of pyridine rings is 1. The number of rotatable bonds is 9. The number of carboxylic acid groups (broad SMARTS) is 2. The SMILES string of the molecule is CC(C)(C)OC(=O)NNc1ccc(C(=O)NN([C@@H](CCC(=O)O)C(=O)O)C(C)(C)C)cn1. The zero-order valence-corrected chi connectivity index (χ0v) is 19.1. The molecule has 0 saturated heterocycles. The number of anilines is 1. The topological polar surface area (TPSA) is 170 Å². The minimum atomic E-state index is -1.26. The minimum Gasteiger partial charge on any atom is -0.481 e. The summed E-state index contributed by atoms with van der Waals surface area (Å²) in [6, 6.07) is 1.62. The van der Waals surface area contributed by atoms with Crippen molar-refractivity contribution in [2.45, 2.75) is 71.6 Å². The fourth-order valence-electron chi connectivity index (χ4n) is 2.53. The number of ether oxygens (including phenoxy) is 1. The molecule has 1 rings (SSSR count). The van der Waals surface area contributed by atoms with Crippen LogP contribution in [0.2, 0.25) is 0 Å². The van der Waals surface area contributed by atoms with Crippen LogP contribution < -0.4 is 16.3 Å². The lowest BCUT2D eigenvalue weighted by molar-refractivity contribution is -0.148. The van der Waals surface area contributed by atoms with Crippen LogP contribution in [0.25, 0.3) is 0 Å². The second kappa shape index (κ2) is 10.8. The lowest BCUT2D eigenvalue weighted by Crippen LogP contribution is -2.60. The van der Waals surface area contributed by atoms with E-state index in [0.717, 1.165) is 0 Å². The number of carbonyl (C=O) groups excluding carboxylic acids is 2. The van der Waals surface area contributed by atoms with Crippen molar-refractivity contribution >= 4 is 29.8 Å². The summed E-state index contributed by atoms with van der Waals surface area (Å²) in [5.41, 5.74) is 6.05. The maximum atomic E-state index is 12.7. The number of hydrogen-bond acceptors (Lipinski definition) is 8. The second-order valence-corrected chi connectivity index (χ2v) is 8.95. The summed E-state index contributed by atoms with van der Waals surface area (Å²) in [6.45, 7) is 10.2. The summed E-state index contributed by atoms with van der Waals surface area (Å²) < 4.78 is 5.08. The van der Waals surface area contributed by atoms with Crippen LogP contribution in [0.15, 0.2) is 18.3 Å². The Hall–Kier alpha value is -3.41. The Labute approximate surface area is 186 Å². The Bertz CT molecular complexity index is 828. The summed E-state index contributed by atoms with van der Waals surface area (Å²) in [6.07, 6.45) is -0.0310. The zero-order chi connectivity index (χ0) is 24.7. The number of hydrogen-bond donors (Lipinski definition) is 5. The van der Waals surface area contributed by atoms with Gasteiger partial charge in [-0.25, -0.2) is 20.2 Å². The van der Waals surface area contributed by atoms with E-state index in [1.807, 2.05) is 0 Å². The van der Waals surface area contributed by atoms with E-state index in [-0.39, 0.29) is 24.2 Å². The summed E-state index contributed by atoms with van der Waals surface area (Å²) in [5, 5.41) is 19.7. The standard InChI is InChI=1S/C20H31N5O7/c1-19(2,3)25(13(17(29)30)8-10-15(26)27)24-16(28)12-7-9-14(21-11-12)22-23-18(31)32-20(4,5)6/h7,9,11,13H,8,10H2,1-6H3,(H,21,22)(H,23,31)(H,24,28)(H,26,27)(H,29,30)/t13-/m0/s1. The third-order valence-corrected chi connectivity index (χ3v) is 3.89. The van der Waals surface area contributed by atoms with Crippen molar-refractivity contribution < 1.29 is 34.1 Å². The zero-order valence-electron chi connectivity index (χ0n) is 19.1. The minimum absolute atomic E-state index is 0.129. The molecule has 0 unspecified atom stereocenters. The van der Waals surface area contributed by atoms with Crippen LogP contribution in [0.3, 0.4) is 0 Å². The van der Waals surface area contributed by atoms with Gasteiger partial charge in [-0.1, -0.05) is 0 Å². The molecular formula is C20H31N5O7. The first-order valence-corrected chi connectivity index (χ1v) is 9.86. The molecule has 0 fully saturated rings. The highest BCUT2D eigenvalue weighted by Crippen LogP contribution is 2.19. The molecule has 0 radical (unpaired) electrons. The van der Waals surface area contributed by atoms with E-state index in [9.17, 15) is 24.3 Å². The molecule has 1 heterocycles. The van der Waals surface area contributed by atoms with Gasteiger partial charge in [0.1, 0.15) is 17.5 Å². The molecule has 0 aliphatic carbocycles. The van der Waals surface area contributed by atoms with Crippen LogP contribution in [0, 0.1) is 0 Å². The highest BCUT2D eigenvalue weighted by Gasteiger charge is 2.35. The summed E-state index contributed by atoms with van der Waals surface area (Å²) in [5.74, 6) is -2.78. The van der Waals surface area contributed by atoms with Crippen molar-refractivity contribution in [3.63, 3.8) is 0 Å². The van der Waals surface area contributed by atoms with Gasteiger partial charge in [-0.3, -0.25) is 25.2 Å². The van der Waals surface area contributed by atoms with Gasteiger partial charge in [0.05, 0.1) is 5.56 Å². The number of nitrogens with one attached hydrogen (secondary N) is 3. The molecule has 0 aromatic carbocycles. The molecule has 178 valence electrons. The van der Waals surface area contributed by atoms with Crippen LogP contribution in [-0.4, -0.2) is 61.3 Å². The predicted octanol–water partition coefficient (Wildman–Crippen LogP) is 2.00. The molecule has 5 N–H and O–H groups in total. The van der Waals surface area contributed by atoms with Crippen LogP contribution in [0.4, 0.5) is 10.6 Å². The summed E-state index contributed by atoms with van der Waals surface area (Å²) >= 11 is 0. The largest absolute Gasteiger partial charge is 0.481 e. The third-order valence-electron chi connectivity index (χ3n) is 3.89. The third kappa shape index (κ3) is 9.16. The molecule has 1 aromatic heterocycles. The number of aliphatic carboxylic acids is 2. The van der Waals surface area contributed by atoms with Gasteiger partial charge in [0, 0.05) is 18.2 Å². The average molecular weight is 453 g/mol. The number of carbonyl (C=O) groups is 4. The van der Waals surface area contributed by atoms with Crippen molar-refractivity contribution in [3.05, 3.63) is 23.9 Å². The number of carboxylic acids is 2. The number of nitrogens with zero attached hydrogens (tertiary/aromatic N) is 2. The van der Waals surface area contributed by atoms with Gasteiger partial charge in [-0.05, 0) is 60.1 Å². The first kappa shape index (κ1) is 26.6. The summed E-state index contributed by atoms with van der Waals surface area (Å²) in [7, 11) is 0. The molecule has 0 aliphatic rings. The molecule has 12 nitrogen and oxygen atoms in total. The van der Waals surface area contributed by atoms with E-state index in [0.29, 0.717) is 0 Å². The first-order valence-electron chi connectivity index (χ1n) is 9.86. The maximum Gasteiger partial charge on any atom is 0.426 e. The second-order valence-electron chi connectivity index (χ2n) is 8.95. The monoisotopic (exact) mass is 453 g/mol. The van der Waals surface area contributed by atoms with Gasteiger partial charge in [-0.15, -0.1) is 0 Å². The molecule has 32 heavy (non-hydrogen) atoms. The lowest BCUT2D eigenvalue weighted by atomic mass is 10.0. The smallest absolute Gasteiger partial charge is 0.426 e. The van der Waals surface area contributed by atoms with Crippen molar-refractivity contribution in [1.82, 2.24) is 20.8 Å². The maximum absolute atomic E-state index is 12.7. The van der Waals surface area contributed by atoms with E-state index in [1.54, 1.807) is 41.5 Å². The Morgan fingerprint density at radius 2 is 1.72 bits per heavy atom. The van der Waals surface area contributed by atoms with E-state index in [1.165, 1.54) is 23.3 Å². The lowest BCUT2D eigenvalue weighted by Gasteiger charge is -2.39. The van der Waals surface area contributed by atoms with Gasteiger partial charge in [-0.2, -0.15) is 0 Å². The van der Waals surface area contributed by atoms with Gasteiger partial charge in [0.25, 0.3) is 5.91 Å². The van der Waals surface area contributed by atoms with Gasteiger partial charge >= 0.3 is 18.0 Å². The Kier molecular flexibility index (Phi) is 8.95. The van der Waals surface area contributed by atoms with Crippen LogP contribution in [-0.2, 0) is 14.3 Å². The van der Waals surface area contributed by atoms with Crippen molar-refractivity contribution in [3.8, 4) is 0 Å². The number of amides is 2. The van der Waals surface area contributed by atoms with E-state index in [2.05, 4.69) is 21.3 Å². The van der Waals surface area contributed by atoms with Crippen LogP contribution in [0.1, 0.15) is 64.7 Å². The molecule has 0 saturated carbocycles. The molecular weight excluding hydrogens is 422 g/mol. The van der Waals surface area contributed by atoms with E-state index >= 15 is 0 Å². The fraction of sp³-hybridized carbons (Fsp3) is 0.550. The Morgan fingerprint density at radius 1 is 1.09 bits per heavy atom. The van der Waals surface area contributed by atoms with Crippen molar-refractivity contribution in [1.29, 1.82) is 0 Å². The molecule has 2 amide bonds. The molecule has 12 heteroatoms. The van der Waals surface area contributed by atoms with E-state index < -0.39 is 41.1 Å². The summed E-state index contributed by atoms with van der Waals surface area (Å²) in [4.78, 5) is 51.0. The molecule has 1 aromatic rings. The molecule has 0 spiro atoms. The average Bonchev–Trinajstić information content (AvgIpc) is 2.63. The Morgan fingerprint density at radius 3 is 2.16 bits per heavy atom. The molecule has 0 bridgehead atoms. The predicted molar refractivity (Wildman–Crippen MR) is 115 cm³/mol. The van der Waals surface area contributed by atoms with Crippen LogP contribution >= 0.6 is 0 Å². The first-order chi connectivity index (χ1) is 14.6. The van der Waals surface area contributed by atoms with Crippen LogP contribution in [0.5, 0.6) is 0 Å². The number of hydrazine groups is 2. The normalized spacial score (nSPS) is 12.6.